The zero-order valence-electron chi connectivity index (χ0n) is 8.89. The van der Waals surface area contributed by atoms with Crippen molar-refractivity contribution in [2.75, 3.05) is 17.2 Å². The molecule has 0 unspecified atom stereocenters. The van der Waals surface area contributed by atoms with E-state index in [0.29, 0.717) is 30.6 Å². The average Bonchev–Trinajstić information content (AvgIpc) is 2.16. The number of aryl methyl sites for hydroxylation is 1. The number of anilines is 2. The van der Waals surface area contributed by atoms with Gasteiger partial charge in [-0.3, -0.25) is 4.55 Å². The molecule has 0 aliphatic heterocycles. The van der Waals surface area contributed by atoms with Gasteiger partial charge in [0.1, 0.15) is 0 Å². The number of unbranched alkanes of at least 4 members (excludes halogenated alkanes) is 1. The van der Waals surface area contributed by atoms with Crippen molar-refractivity contribution in [3.05, 3.63) is 23.8 Å². The molecule has 0 saturated carbocycles. The quantitative estimate of drug-likeness (QED) is 0.408. The zero-order valence-corrected chi connectivity index (χ0v) is 9.70. The molecule has 0 radical (unpaired) electrons. The molecule has 0 spiro atoms. The lowest BCUT2D eigenvalue weighted by Gasteiger charge is -2.06. The number of hydrogen-bond acceptors (Lipinski definition) is 4. The standard InChI is InChI=1S/C10H16N2O3S/c11-9-4-5-10(12)8(7-9)3-1-2-6-16(13,14)15/h4-5,7H,1-3,6,11-12H2,(H,13,14,15). The third-order valence-electron chi connectivity index (χ3n) is 2.27. The Morgan fingerprint density at radius 2 is 1.88 bits per heavy atom. The maximum absolute atomic E-state index is 10.5. The maximum Gasteiger partial charge on any atom is 0.264 e. The van der Waals surface area contributed by atoms with Crippen LogP contribution >= 0.6 is 0 Å². The molecule has 0 aromatic heterocycles. The number of rotatable bonds is 5. The van der Waals surface area contributed by atoms with Gasteiger partial charge in [0, 0.05) is 11.4 Å². The van der Waals surface area contributed by atoms with Crippen molar-refractivity contribution >= 4 is 21.5 Å². The molecule has 0 fully saturated rings. The number of nitrogens with two attached hydrogens (primary N) is 2. The summed E-state index contributed by atoms with van der Waals surface area (Å²) in [6.07, 6.45) is 1.72. The van der Waals surface area contributed by atoms with Gasteiger partial charge in [0.15, 0.2) is 0 Å². The van der Waals surface area contributed by atoms with Crippen molar-refractivity contribution in [3.8, 4) is 0 Å². The topological polar surface area (TPSA) is 106 Å². The minimum Gasteiger partial charge on any atom is -0.399 e. The van der Waals surface area contributed by atoms with Crippen LogP contribution in [-0.4, -0.2) is 18.7 Å². The van der Waals surface area contributed by atoms with E-state index in [1.807, 2.05) is 0 Å². The first-order chi connectivity index (χ1) is 7.38. The second-order valence-electron chi connectivity index (χ2n) is 3.70. The third-order valence-corrected chi connectivity index (χ3v) is 3.07. The summed E-state index contributed by atoms with van der Waals surface area (Å²) in [5.74, 6) is -0.213. The van der Waals surface area contributed by atoms with Crippen LogP contribution in [0.5, 0.6) is 0 Å². The van der Waals surface area contributed by atoms with E-state index in [2.05, 4.69) is 0 Å². The zero-order chi connectivity index (χ0) is 12.2. The fraction of sp³-hybridized carbons (Fsp3) is 0.400. The van der Waals surface area contributed by atoms with Crippen molar-refractivity contribution < 1.29 is 13.0 Å². The first kappa shape index (κ1) is 12.8. The highest BCUT2D eigenvalue weighted by Gasteiger charge is 2.05. The predicted molar refractivity (Wildman–Crippen MR) is 64.6 cm³/mol. The number of hydrogen-bond donors (Lipinski definition) is 3. The second kappa shape index (κ2) is 5.18. The second-order valence-corrected chi connectivity index (χ2v) is 5.27. The van der Waals surface area contributed by atoms with E-state index in [0.717, 1.165) is 5.56 Å². The van der Waals surface area contributed by atoms with Crippen LogP contribution in [0, 0.1) is 0 Å². The molecule has 0 amide bonds. The Labute approximate surface area is 95.2 Å². The molecular weight excluding hydrogens is 228 g/mol. The van der Waals surface area contributed by atoms with Crippen molar-refractivity contribution in [2.24, 2.45) is 0 Å². The summed E-state index contributed by atoms with van der Waals surface area (Å²) in [5.41, 5.74) is 13.5. The van der Waals surface area contributed by atoms with E-state index in [4.69, 9.17) is 16.0 Å². The highest BCUT2D eigenvalue weighted by molar-refractivity contribution is 7.85. The molecule has 0 aliphatic rings. The van der Waals surface area contributed by atoms with E-state index in [1.54, 1.807) is 18.2 Å². The summed E-state index contributed by atoms with van der Waals surface area (Å²) in [7, 11) is -3.85. The Bertz CT molecular complexity index is 457. The van der Waals surface area contributed by atoms with Gasteiger partial charge >= 0.3 is 0 Å². The van der Waals surface area contributed by atoms with Crippen molar-refractivity contribution in [1.29, 1.82) is 0 Å². The normalized spacial score (nSPS) is 11.6. The largest absolute Gasteiger partial charge is 0.399 e. The lowest BCUT2D eigenvalue weighted by atomic mass is 10.1. The van der Waals surface area contributed by atoms with Gasteiger partial charge in [-0.25, -0.2) is 0 Å². The Morgan fingerprint density at radius 1 is 1.19 bits per heavy atom. The summed E-state index contributed by atoms with van der Waals surface area (Å²) in [6, 6.07) is 5.23. The van der Waals surface area contributed by atoms with Crippen molar-refractivity contribution in [1.82, 2.24) is 0 Å². The van der Waals surface area contributed by atoms with E-state index in [1.165, 1.54) is 0 Å². The molecule has 1 aromatic rings. The molecular formula is C10H16N2O3S. The SMILES string of the molecule is Nc1ccc(N)c(CCCCS(=O)(=O)O)c1. The smallest absolute Gasteiger partial charge is 0.264 e. The Kier molecular flexibility index (Phi) is 4.14. The fourth-order valence-electron chi connectivity index (χ4n) is 1.44. The first-order valence-corrected chi connectivity index (χ1v) is 6.58. The van der Waals surface area contributed by atoms with Gasteiger partial charge in [-0.15, -0.1) is 0 Å². The highest BCUT2D eigenvalue weighted by atomic mass is 32.2. The van der Waals surface area contributed by atoms with Gasteiger partial charge in [0.25, 0.3) is 10.1 Å². The van der Waals surface area contributed by atoms with Gasteiger partial charge < -0.3 is 11.5 Å². The molecule has 0 atom stereocenters. The van der Waals surface area contributed by atoms with Crippen LogP contribution < -0.4 is 11.5 Å². The number of nitrogen functional groups attached to an aromatic ring is 2. The van der Waals surface area contributed by atoms with Gasteiger partial charge in [-0.05, 0) is 43.0 Å². The minimum absolute atomic E-state index is 0.213. The number of benzene rings is 1. The lowest BCUT2D eigenvalue weighted by Crippen LogP contribution is -2.04. The van der Waals surface area contributed by atoms with Gasteiger partial charge in [-0.1, -0.05) is 0 Å². The molecule has 16 heavy (non-hydrogen) atoms. The third kappa shape index (κ3) is 4.50. The van der Waals surface area contributed by atoms with E-state index >= 15 is 0 Å². The van der Waals surface area contributed by atoms with Crippen LogP contribution in [0.1, 0.15) is 18.4 Å². The van der Waals surface area contributed by atoms with Crippen LogP contribution in [0.25, 0.3) is 0 Å². The molecule has 5 N–H and O–H groups in total. The summed E-state index contributed by atoms with van der Waals surface area (Å²) in [5, 5.41) is 0. The predicted octanol–water partition coefficient (Wildman–Crippen LogP) is 1.06. The highest BCUT2D eigenvalue weighted by Crippen LogP contribution is 2.17. The Hall–Kier alpha value is -1.27. The summed E-state index contributed by atoms with van der Waals surface area (Å²) in [6.45, 7) is 0. The van der Waals surface area contributed by atoms with Gasteiger partial charge in [-0.2, -0.15) is 8.42 Å². The molecule has 0 heterocycles. The molecule has 0 bridgehead atoms. The first-order valence-electron chi connectivity index (χ1n) is 4.97. The van der Waals surface area contributed by atoms with Gasteiger partial charge in [0.05, 0.1) is 5.75 Å². The Morgan fingerprint density at radius 3 is 2.50 bits per heavy atom. The maximum atomic E-state index is 10.5. The van der Waals surface area contributed by atoms with Crippen LogP contribution in [-0.2, 0) is 16.5 Å². The molecule has 5 nitrogen and oxygen atoms in total. The molecule has 1 aromatic carbocycles. The van der Waals surface area contributed by atoms with Crippen LogP contribution in [0.4, 0.5) is 11.4 Å². The van der Waals surface area contributed by atoms with Crippen LogP contribution in [0.2, 0.25) is 0 Å². The molecule has 6 heteroatoms. The average molecular weight is 244 g/mol. The van der Waals surface area contributed by atoms with Crippen molar-refractivity contribution in [2.45, 2.75) is 19.3 Å². The molecule has 0 aliphatic carbocycles. The van der Waals surface area contributed by atoms with E-state index in [-0.39, 0.29) is 5.75 Å². The van der Waals surface area contributed by atoms with Crippen LogP contribution in [0.15, 0.2) is 18.2 Å². The molecule has 0 saturated heterocycles. The monoisotopic (exact) mass is 244 g/mol. The van der Waals surface area contributed by atoms with E-state index < -0.39 is 10.1 Å². The summed E-state index contributed by atoms with van der Waals surface area (Å²) >= 11 is 0. The molecule has 1 rings (SSSR count). The summed E-state index contributed by atoms with van der Waals surface area (Å²) in [4.78, 5) is 0. The Balaban J connectivity index is 2.46. The minimum atomic E-state index is -3.85. The molecule has 90 valence electrons. The summed E-state index contributed by atoms with van der Waals surface area (Å²) < 4.78 is 29.5. The van der Waals surface area contributed by atoms with Gasteiger partial charge in [0.2, 0.25) is 0 Å². The van der Waals surface area contributed by atoms with E-state index in [9.17, 15) is 8.42 Å². The lowest BCUT2D eigenvalue weighted by molar-refractivity contribution is 0.480. The fourth-order valence-corrected chi connectivity index (χ4v) is 2.01. The van der Waals surface area contributed by atoms with Crippen molar-refractivity contribution in [3.63, 3.8) is 0 Å². The van der Waals surface area contributed by atoms with Crippen LogP contribution in [0.3, 0.4) is 0 Å².